The maximum Gasteiger partial charge on any atom is 0.323 e. The van der Waals surface area contributed by atoms with Crippen LogP contribution in [0, 0.1) is 5.41 Å². The van der Waals surface area contributed by atoms with Gasteiger partial charge in [-0.15, -0.1) is 0 Å². The molecule has 1 aliphatic rings. The summed E-state index contributed by atoms with van der Waals surface area (Å²) in [7, 11) is -4.10. The highest BCUT2D eigenvalue weighted by Crippen LogP contribution is 2.19. The molecule has 11 nitrogen and oxygen atoms in total. The van der Waals surface area contributed by atoms with Crippen molar-refractivity contribution in [3.63, 3.8) is 0 Å². The number of hydrogen-bond acceptors (Lipinski definition) is 7. The van der Waals surface area contributed by atoms with Crippen molar-refractivity contribution in [2.24, 2.45) is 10.9 Å². The first-order valence-corrected chi connectivity index (χ1v) is 12.9. The molecule has 12 heteroatoms. The van der Waals surface area contributed by atoms with Gasteiger partial charge in [0.1, 0.15) is 18.0 Å². The van der Waals surface area contributed by atoms with Crippen molar-refractivity contribution in [3.05, 3.63) is 65.2 Å². The summed E-state index contributed by atoms with van der Waals surface area (Å²) in [4.78, 5) is 29.3. The molecular formula is C24H29N5O6S. The van der Waals surface area contributed by atoms with E-state index in [-0.39, 0.29) is 17.2 Å². The Kier molecular flexibility index (Phi) is 8.78. The summed E-state index contributed by atoms with van der Waals surface area (Å²) in [5.41, 5.74) is 8.40. The SMILES string of the molecule is CCCc1ccc(S(=O)(=O)N[C@@H](CNC(=O)CC2CC(c3ccc(C(=N)N)cc3)=NO2)C(=O)O)cc1. The first-order chi connectivity index (χ1) is 17.1. The van der Waals surface area contributed by atoms with Crippen LogP contribution in [0.2, 0.25) is 0 Å². The molecule has 3 rings (SSSR count). The van der Waals surface area contributed by atoms with Crippen molar-refractivity contribution in [2.45, 2.75) is 49.6 Å². The molecule has 2 aromatic carbocycles. The molecule has 0 aromatic heterocycles. The van der Waals surface area contributed by atoms with Gasteiger partial charge in [-0.1, -0.05) is 54.9 Å². The van der Waals surface area contributed by atoms with Crippen LogP contribution in [-0.4, -0.2) is 55.6 Å². The first-order valence-electron chi connectivity index (χ1n) is 11.4. The minimum atomic E-state index is -4.10. The van der Waals surface area contributed by atoms with Crippen LogP contribution in [0.1, 0.15) is 42.9 Å². The second kappa shape index (κ2) is 11.8. The normalized spacial score (nSPS) is 16.0. The Morgan fingerprint density at radius 1 is 1.19 bits per heavy atom. The van der Waals surface area contributed by atoms with E-state index >= 15 is 0 Å². The third-order valence-electron chi connectivity index (χ3n) is 5.55. The lowest BCUT2D eigenvalue weighted by Crippen LogP contribution is -2.48. The van der Waals surface area contributed by atoms with Crippen LogP contribution >= 0.6 is 0 Å². The highest BCUT2D eigenvalue weighted by Gasteiger charge is 2.28. The molecule has 2 aromatic rings. The predicted molar refractivity (Wildman–Crippen MR) is 133 cm³/mol. The van der Waals surface area contributed by atoms with Gasteiger partial charge in [-0.2, -0.15) is 4.72 Å². The van der Waals surface area contributed by atoms with Gasteiger partial charge in [0.2, 0.25) is 15.9 Å². The number of oxime groups is 1. The van der Waals surface area contributed by atoms with Crippen LogP contribution in [0.3, 0.4) is 0 Å². The second-order valence-electron chi connectivity index (χ2n) is 8.37. The molecule has 192 valence electrons. The lowest BCUT2D eigenvalue weighted by Gasteiger charge is -2.16. The number of carbonyl (C=O) groups is 2. The molecule has 1 amide bonds. The number of benzene rings is 2. The number of hydrogen-bond donors (Lipinski definition) is 5. The van der Waals surface area contributed by atoms with Gasteiger partial charge >= 0.3 is 5.97 Å². The average Bonchev–Trinajstić information content (AvgIpc) is 3.30. The summed E-state index contributed by atoms with van der Waals surface area (Å²) >= 11 is 0. The molecule has 0 spiro atoms. The Labute approximate surface area is 209 Å². The van der Waals surface area contributed by atoms with Gasteiger partial charge in [-0.05, 0) is 29.7 Å². The number of nitrogens with zero attached hydrogens (tertiary/aromatic N) is 1. The van der Waals surface area contributed by atoms with E-state index in [1.54, 1.807) is 36.4 Å². The third-order valence-corrected chi connectivity index (χ3v) is 7.03. The van der Waals surface area contributed by atoms with Gasteiger partial charge in [-0.25, -0.2) is 8.42 Å². The Morgan fingerprint density at radius 3 is 2.44 bits per heavy atom. The van der Waals surface area contributed by atoms with Gasteiger partial charge in [0.05, 0.1) is 17.0 Å². The van der Waals surface area contributed by atoms with E-state index in [2.05, 4.69) is 15.2 Å². The molecule has 0 saturated heterocycles. The zero-order valence-corrected chi connectivity index (χ0v) is 20.5. The van der Waals surface area contributed by atoms with Crippen LogP contribution in [-0.2, 0) is 30.9 Å². The number of nitrogen functional groups attached to an aromatic ring is 1. The molecule has 0 saturated carbocycles. The van der Waals surface area contributed by atoms with Crippen molar-refractivity contribution in [1.82, 2.24) is 10.0 Å². The molecule has 0 bridgehead atoms. The number of aryl methyl sites for hydroxylation is 1. The van der Waals surface area contributed by atoms with Crippen LogP contribution in [0.5, 0.6) is 0 Å². The Balaban J connectivity index is 1.51. The van der Waals surface area contributed by atoms with Gasteiger partial charge < -0.3 is 21.0 Å². The lowest BCUT2D eigenvalue weighted by atomic mass is 10.0. The van der Waals surface area contributed by atoms with Crippen molar-refractivity contribution in [1.29, 1.82) is 5.41 Å². The number of amides is 1. The molecule has 2 atom stereocenters. The highest BCUT2D eigenvalue weighted by molar-refractivity contribution is 7.89. The van der Waals surface area contributed by atoms with E-state index < -0.39 is 40.6 Å². The number of carboxylic acid groups (broad SMARTS) is 1. The maximum absolute atomic E-state index is 12.6. The number of sulfonamides is 1. The van der Waals surface area contributed by atoms with Crippen molar-refractivity contribution in [3.8, 4) is 0 Å². The minimum absolute atomic E-state index is 0.0486. The summed E-state index contributed by atoms with van der Waals surface area (Å²) in [5, 5.41) is 23.4. The van der Waals surface area contributed by atoms with E-state index in [0.29, 0.717) is 17.7 Å². The van der Waals surface area contributed by atoms with E-state index in [0.717, 1.165) is 24.0 Å². The monoisotopic (exact) mass is 515 g/mol. The Morgan fingerprint density at radius 2 is 1.86 bits per heavy atom. The standard InChI is InChI=1S/C24H29N5O6S/c1-2-3-15-4-10-19(11-5-15)36(33,34)29-21(24(31)32)14-27-22(30)13-18-12-20(28-35-18)16-6-8-17(9-7-16)23(25)26/h4-11,18,21,29H,2-3,12-14H2,1H3,(H3,25,26)(H,27,30)(H,31,32)/t18?,21-/m0/s1. The maximum atomic E-state index is 12.6. The zero-order valence-electron chi connectivity index (χ0n) is 19.7. The van der Waals surface area contributed by atoms with Gasteiger partial charge in [0.15, 0.2) is 0 Å². The molecule has 6 N–H and O–H groups in total. The largest absolute Gasteiger partial charge is 0.480 e. The lowest BCUT2D eigenvalue weighted by molar-refractivity contribution is -0.138. The molecule has 1 unspecified atom stereocenters. The second-order valence-corrected chi connectivity index (χ2v) is 10.1. The predicted octanol–water partition coefficient (Wildman–Crippen LogP) is 1.35. The van der Waals surface area contributed by atoms with E-state index in [1.807, 2.05) is 6.92 Å². The van der Waals surface area contributed by atoms with Gasteiger partial charge in [0.25, 0.3) is 0 Å². The number of carbonyl (C=O) groups excluding carboxylic acids is 1. The number of nitrogens with one attached hydrogen (secondary N) is 3. The molecule has 1 aliphatic heterocycles. The number of amidine groups is 1. The molecule has 0 fully saturated rings. The fourth-order valence-corrected chi connectivity index (χ4v) is 4.79. The highest BCUT2D eigenvalue weighted by atomic mass is 32.2. The van der Waals surface area contributed by atoms with Crippen molar-refractivity contribution in [2.75, 3.05) is 6.54 Å². The summed E-state index contributed by atoms with van der Waals surface area (Å²) < 4.78 is 27.4. The van der Waals surface area contributed by atoms with Crippen LogP contribution in [0.25, 0.3) is 0 Å². The van der Waals surface area contributed by atoms with Crippen LogP contribution in [0.15, 0.2) is 58.6 Å². The molecule has 0 aliphatic carbocycles. The van der Waals surface area contributed by atoms with E-state index in [9.17, 15) is 23.1 Å². The summed E-state index contributed by atoms with van der Waals surface area (Å²) in [6, 6.07) is 11.5. The van der Waals surface area contributed by atoms with Crippen LogP contribution in [0.4, 0.5) is 0 Å². The van der Waals surface area contributed by atoms with Gasteiger partial charge in [-0.3, -0.25) is 15.0 Å². The molecule has 0 radical (unpaired) electrons. The van der Waals surface area contributed by atoms with Gasteiger partial charge in [0, 0.05) is 18.5 Å². The van der Waals surface area contributed by atoms with E-state index in [4.69, 9.17) is 16.0 Å². The smallest absolute Gasteiger partial charge is 0.323 e. The first kappa shape index (κ1) is 26.8. The number of nitrogens with two attached hydrogens (primary N) is 1. The van der Waals surface area contributed by atoms with Crippen molar-refractivity contribution >= 4 is 33.4 Å². The fraction of sp³-hybridized carbons (Fsp3) is 0.333. The van der Waals surface area contributed by atoms with E-state index in [1.165, 1.54) is 12.1 Å². The number of rotatable bonds is 12. The molecule has 1 heterocycles. The average molecular weight is 516 g/mol. The summed E-state index contributed by atoms with van der Waals surface area (Å²) in [6.07, 6.45) is 1.44. The quantitative estimate of drug-likeness (QED) is 0.209. The topological polar surface area (TPSA) is 184 Å². The summed E-state index contributed by atoms with van der Waals surface area (Å²) in [5.74, 6) is -1.97. The van der Waals surface area contributed by atoms with Crippen LogP contribution < -0.4 is 15.8 Å². The molecule has 36 heavy (non-hydrogen) atoms. The summed E-state index contributed by atoms with van der Waals surface area (Å²) in [6.45, 7) is 1.58. The zero-order chi connectivity index (χ0) is 26.3. The Hall–Kier alpha value is -3.77. The van der Waals surface area contributed by atoms with Crippen molar-refractivity contribution < 1.29 is 28.0 Å². The Bertz CT molecular complexity index is 1240. The fourth-order valence-electron chi connectivity index (χ4n) is 3.60. The number of aliphatic carboxylic acids is 1. The third kappa shape index (κ3) is 7.12. The minimum Gasteiger partial charge on any atom is -0.480 e. The molecular weight excluding hydrogens is 486 g/mol. The number of carboxylic acids is 1.